The van der Waals surface area contributed by atoms with E-state index in [1.54, 1.807) is 6.07 Å². The van der Waals surface area contributed by atoms with Gasteiger partial charge in [0.15, 0.2) is 0 Å². The fourth-order valence-corrected chi connectivity index (χ4v) is 1.21. The van der Waals surface area contributed by atoms with E-state index >= 15 is 0 Å². The normalized spacial score (nSPS) is 8.29. The van der Waals surface area contributed by atoms with E-state index in [-0.39, 0.29) is 63.5 Å². The summed E-state index contributed by atoms with van der Waals surface area (Å²) in [5, 5.41) is 11.4. The van der Waals surface area contributed by atoms with Gasteiger partial charge in [-0.2, -0.15) is 0 Å². The van der Waals surface area contributed by atoms with E-state index in [0.717, 1.165) is 10.8 Å². The topological polar surface area (TPSA) is 37.3 Å². The molecule has 0 heterocycles. The molecule has 0 unspecified atom stereocenters. The number of aromatic hydroxyl groups is 1. The fourth-order valence-electron chi connectivity index (χ4n) is 1.21. The maximum atomic E-state index is 9.37. The molecule has 0 amide bonds. The quantitative estimate of drug-likeness (QED) is 0.675. The van der Waals surface area contributed by atoms with E-state index in [1.165, 1.54) is 0 Å². The number of fused-ring (bicyclic) bond motifs is 1. The average molecular weight is 407 g/mol. The Morgan fingerprint density at radius 1 is 0.929 bits per heavy atom. The van der Waals surface area contributed by atoms with Crippen LogP contribution in [-0.4, -0.2) is 68.6 Å². The van der Waals surface area contributed by atoms with Gasteiger partial charge in [-0.1, -0.05) is 36.4 Å². The van der Waals surface area contributed by atoms with E-state index in [0.29, 0.717) is 5.75 Å². The molecule has 14 heavy (non-hydrogen) atoms. The molecule has 4 radical (unpaired) electrons. The molecular formula is C10H8CaO2Pb. The Labute approximate surface area is 128 Å². The number of benzene rings is 2. The monoisotopic (exact) mass is 408 g/mol. The number of phenolic OH excluding ortho intramolecular Hbond substituents is 1. The van der Waals surface area contributed by atoms with Gasteiger partial charge in [-0.25, -0.2) is 0 Å². The molecule has 1 N–H and O–H groups in total. The summed E-state index contributed by atoms with van der Waals surface area (Å²) in [7, 11) is 0. The van der Waals surface area contributed by atoms with Gasteiger partial charge in [0.2, 0.25) is 0 Å². The maximum absolute atomic E-state index is 9.37. The molecule has 0 aliphatic heterocycles. The average Bonchev–Trinajstić information content (AvgIpc) is 2.22. The summed E-state index contributed by atoms with van der Waals surface area (Å²) in [5.41, 5.74) is 0. The Hall–Kier alpha value is 0.482. The summed E-state index contributed by atoms with van der Waals surface area (Å²) in [6.07, 6.45) is 0. The van der Waals surface area contributed by atoms with Crippen molar-refractivity contribution in [2.24, 2.45) is 0 Å². The standard InChI is InChI=1S/C10H8O.Ca.O.Pb/c11-10-7-3-5-8-4-1-2-6-9(8)10;;;/h1-7,11H;;;. The zero-order valence-corrected chi connectivity index (χ0v) is 13.7. The van der Waals surface area contributed by atoms with Crippen LogP contribution < -0.4 is 0 Å². The van der Waals surface area contributed by atoms with Crippen molar-refractivity contribution in [3.63, 3.8) is 0 Å². The molecular weight excluding hydrogens is 399 g/mol. The first-order chi connectivity index (χ1) is 6.38. The van der Waals surface area contributed by atoms with Gasteiger partial charge in [-0.3, -0.25) is 0 Å². The third kappa shape index (κ3) is 3.57. The predicted octanol–water partition coefficient (Wildman–Crippen LogP) is 1.66. The summed E-state index contributed by atoms with van der Waals surface area (Å²) in [5.74, 6) is 0.350. The number of rotatable bonds is 0. The summed E-state index contributed by atoms with van der Waals surface area (Å²) in [6.45, 7) is 0. The van der Waals surface area contributed by atoms with Crippen molar-refractivity contribution in [2.45, 2.75) is 0 Å². The summed E-state index contributed by atoms with van der Waals surface area (Å²) in [6, 6.07) is 13.3. The number of phenols is 1. The second-order valence-corrected chi connectivity index (χ2v) is 2.50. The molecule has 0 bridgehead atoms. The zero-order chi connectivity index (χ0) is 9.68. The van der Waals surface area contributed by atoms with Crippen molar-refractivity contribution in [3.8, 4) is 5.75 Å². The SMILES string of the molecule is Oc1cccc2ccccc12.[Ca].[O]=[Pb]. The zero-order valence-electron chi connectivity index (χ0n) is 7.60. The Morgan fingerprint density at radius 2 is 1.50 bits per heavy atom. The van der Waals surface area contributed by atoms with Crippen molar-refractivity contribution in [3.05, 3.63) is 42.5 Å². The molecule has 66 valence electrons. The molecule has 0 aliphatic carbocycles. The van der Waals surface area contributed by atoms with E-state index in [2.05, 4.69) is 0 Å². The predicted molar refractivity (Wildman–Crippen MR) is 57.8 cm³/mol. The van der Waals surface area contributed by atoms with Crippen molar-refractivity contribution in [1.82, 2.24) is 0 Å². The summed E-state index contributed by atoms with van der Waals surface area (Å²) in [4.78, 5) is 0. The summed E-state index contributed by atoms with van der Waals surface area (Å²) >= 11 is 0.0556. The van der Waals surface area contributed by atoms with Crippen molar-refractivity contribution in [2.75, 3.05) is 0 Å². The van der Waals surface area contributed by atoms with Gasteiger partial charge in [0.25, 0.3) is 0 Å². The second-order valence-electron chi connectivity index (χ2n) is 2.50. The molecule has 2 rings (SSSR count). The first-order valence-electron chi connectivity index (χ1n) is 3.75. The first kappa shape index (κ1) is 14.5. The molecule has 0 aliphatic rings. The summed E-state index contributed by atoms with van der Waals surface area (Å²) < 4.78 is 8.39. The van der Waals surface area contributed by atoms with Gasteiger partial charge in [-0.15, -0.1) is 0 Å². The minimum absolute atomic E-state index is 0. The van der Waals surface area contributed by atoms with Crippen molar-refractivity contribution < 1.29 is 7.79 Å². The van der Waals surface area contributed by atoms with Gasteiger partial charge in [0.1, 0.15) is 5.75 Å². The molecule has 4 heteroatoms. The van der Waals surface area contributed by atoms with Gasteiger partial charge in [-0.05, 0) is 11.5 Å². The third-order valence-corrected chi connectivity index (χ3v) is 1.77. The molecule has 2 nitrogen and oxygen atoms in total. The van der Waals surface area contributed by atoms with Crippen LogP contribution in [0.4, 0.5) is 0 Å². The first-order valence-corrected chi connectivity index (χ1v) is 5.34. The molecule has 2 aromatic rings. The Balaban J connectivity index is 0.000000531. The van der Waals surface area contributed by atoms with Crippen LogP contribution in [0, 0.1) is 0 Å². The molecule has 0 saturated heterocycles. The van der Waals surface area contributed by atoms with Crippen LogP contribution in [0.5, 0.6) is 5.75 Å². The fraction of sp³-hybridized carbons (Fsp3) is 0. The van der Waals surface area contributed by atoms with Gasteiger partial charge in [0.05, 0.1) is 0 Å². The van der Waals surface area contributed by atoms with Crippen LogP contribution in [0.3, 0.4) is 0 Å². The van der Waals surface area contributed by atoms with Crippen LogP contribution in [0.1, 0.15) is 0 Å². The molecule has 0 saturated carbocycles. The van der Waals surface area contributed by atoms with E-state index < -0.39 is 0 Å². The van der Waals surface area contributed by atoms with Crippen LogP contribution >= 0.6 is 0 Å². The van der Waals surface area contributed by atoms with Gasteiger partial charge < -0.3 is 5.11 Å². The Bertz CT molecular complexity index is 401. The number of hydrogen-bond acceptors (Lipinski definition) is 2. The van der Waals surface area contributed by atoms with Gasteiger partial charge >= 0.3 is 28.5 Å². The third-order valence-electron chi connectivity index (χ3n) is 1.77. The number of hydrogen-bond donors (Lipinski definition) is 1. The van der Waals surface area contributed by atoms with Crippen molar-refractivity contribution in [1.29, 1.82) is 0 Å². The molecule has 0 fully saturated rings. The van der Waals surface area contributed by atoms with Crippen molar-refractivity contribution >= 4 is 74.3 Å². The minimum atomic E-state index is 0. The van der Waals surface area contributed by atoms with Crippen LogP contribution in [0.2, 0.25) is 0 Å². The molecule has 0 spiro atoms. The molecule has 0 atom stereocenters. The molecule has 0 aromatic heterocycles. The Morgan fingerprint density at radius 3 is 2.14 bits per heavy atom. The van der Waals surface area contributed by atoms with Crippen LogP contribution in [0.15, 0.2) is 42.5 Å². The van der Waals surface area contributed by atoms with Gasteiger partial charge in [0, 0.05) is 43.1 Å². The van der Waals surface area contributed by atoms with E-state index in [9.17, 15) is 5.11 Å². The van der Waals surface area contributed by atoms with Crippen LogP contribution in [0.25, 0.3) is 10.8 Å². The Kier molecular flexibility index (Phi) is 8.00. The second kappa shape index (κ2) is 7.73. The van der Waals surface area contributed by atoms with E-state index in [4.69, 9.17) is 2.69 Å². The molecule has 2 aromatic carbocycles. The van der Waals surface area contributed by atoms with E-state index in [1.807, 2.05) is 36.4 Å². The van der Waals surface area contributed by atoms with Crippen LogP contribution in [-0.2, 0) is 2.69 Å².